The standard InChI is InChI=1S/C13H16N4S/c1-2-10-12(8-16-9-3-4-9)18-13(17-10)11-7-14-5-6-15-11/h5-7,9,16H,2-4,8H2,1H3. The van der Waals surface area contributed by atoms with Crippen molar-refractivity contribution >= 4 is 11.3 Å². The summed E-state index contributed by atoms with van der Waals surface area (Å²) in [4.78, 5) is 14.4. The first-order valence-corrected chi connectivity index (χ1v) is 7.17. The third-order valence-electron chi connectivity index (χ3n) is 3.02. The molecule has 2 aromatic rings. The molecule has 94 valence electrons. The van der Waals surface area contributed by atoms with Crippen molar-refractivity contribution in [1.29, 1.82) is 0 Å². The molecule has 1 saturated carbocycles. The molecular formula is C13H16N4S. The van der Waals surface area contributed by atoms with Crippen LogP contribution < -0.4 is 5.32 Å². The minimum absolute atomic E-state index is 0.733. The Morgan fingerprint density at radius 2 is 2.28 bits per heavy atom. The Balaban J connectivity index is 1.82. The zero-order valence-electron chi connectivity index (χ0n) is 10.4. The van der Waals surface area contributed by atoms with Gasteiger partial charge in [-0.2, -0.15) is 0 Å². The van der Waals surface area contributed by atoms with Crippen LogP contribution in [0.2, 0.25) is 0 Å². The molecule has 0 bridgehead atoms. The van der Waals surface area contributed by atoms with E-state index >= 15 is 0 Å². The number of rotatable bonds is 5. The van der Waals surface area contributed by atoms with Gasteiger partial charge in [-0.3, -0.25) is 9.97 Å². The van der Waals surface area contributed by atoms with Crippen LogP contribution in [0, 0.1) is 0 Å². The highest BCUT2D eigenvalue weighted by molar-refractivity contribution is 7.15. The minimum Gasteiger partial charge on any atom is -0.309 e. The zero-order chi connectivity index (χ0) is 12.4. The smallest absolute Gasteiger partial charge is 0.144 e. The quantitative estimate of drug-likeness (QED) is 0.897. The monoisotopic (exact) mass is 260 g/mol. The largest absolute Gasteiger partial charge is 0.309 e. The lowest BCUT2D eigenvalue weighted by Gasteiger charge is -2.00. The van der Waals surface area contributed by atoms with E-state index in [2.05, 4.69) is 27.2 Å². The Morgan fingerprint density at radius 3 is 2.94 bits per heavy atom. The Bertz CT molecular complexity index is 519. The van der Waals surface area contributed by atoms with Crippen LogP contribution in [0.5, 0.6) is 0 Å². The molecule has 1 N–H and O–H groups in total. The predicted octanol–water partition coefficient (Wildman–Crippen LogP) is 2.41. The van der Waals surface area contributed by atoms with Crippen molar-refractivity contribution in [1.82, 2.24) is 20.3 Å². The van der Waals surface area contributed by atoms with Gasteiger partial charge in [-0.05, 0) is 19.3 Å². The van der Waals surface area contributed by atoms with Gasteiger partial charge in [-0.1, -0.05) is 6.92 Å². The number of hydrogen-bond acceptors (Lipinski definition) is 5. The van der Waals surface area contributed by atoms with Crippen LogP contribution in [-0.2, 0) is 13.0 Å². The average molecular weight is 260 g/mol. The van der Waals surface area contributed by atoms with E-state index in [9.17, 15) is 0 Å². The average Bonchev–Trinajstić information content (AvgIpc) is 3.16. The second-order valence-corrected chi connectivity index (χ2v) is 5.57. The van der Waals surface area contributed by atoms with E-state index < -0.39 is 0 Å². The van der Waals surface area contributed by atoms with Crippen molar-refractivity contribution < 1.29 is 0 Å². The number of nitrogens with zero attached hydrogens (tertiary/aromatic N) is 3. The molecule has 0 aromatic carbocycles. The molecule has 5 heteroatoms. The Labute approximate surface area is 111 Å². The number of aryl methyl sites for hydroxylation is 1. The fourth-order valence-corrected chi connectivity index (χ4v) is 2.90. The molecule has 0 atom stereocenters. The number of hydrogen-bond donors (Lipinski definition) is 1. The highest BCUT2D eigenvalue weighted by Gasteiger charge is 2.21. The second kappa shape index (κ2) is 5.12. The molecule has 2 heterocycles. The van der Waals surface area contributed by atoms with Crippen LogP contribution in [-0.4, -0.2) is 21.0 Å². The van der Waals surface area contributed by atoms with Crippen molar-refractivity contribution in [3.8, 4) is 10.7 Å². The van der Waals surface area contributed by atoms with E-state index in [1.807, 2.05) is 0 Å². The SMILES string of the molecule is CCc1nc(-c2cnccn2)sc1CNC1CC1. The summed E-state index contributed by atoms with van der Waals surface area (Å²) in [6, 6.07) is 0.733. The lowest BCUT2D eigenvalue weighted by atomic mass is 10.3. The summed E-state index contributed by atoms with van der Waals surface area (Å²) >= 11 is 1.73. The summed E-state index contributed by atoms with van der Waals surface area (Å²) in [5.74, 6) is 0. The fraction of sp³-hybridized carbons (Fsp3) is 0.462. The molecule has 3 rings (SSSR count). The van der Waals surface area contributed by atoms with Gasteiger partial charge in [0.05, 0.1) is 11.9 Å². The first-order valence-electron chi connectivity index (χ1n) is 6.35. The Hall–Kier alpha value is -1.33. The Kier molecular flexibility index (Phi) is 3.34. The topological polar surface area (TPSA) is 50.7 Å². The summed E-state index contributed by atoms with van der Waals surface area (Å²) in [5, 5.41) is 4.53. The van der Waals surface area contributed by atoms with Crippen LogP contribution >= 0.6 is 11.3 Å². The molecule has 0 saturated heterocycles. The van der Waals surface area contributed by atoms with Crippen LogP contribution in [0.3, 0.4) is 0 Å². The lowest BCUT2D eigenvalue weighted by Crippen LogP contribution is -2.15. The molecule has 0 spiro atoms. The van der Waals surface area contributed by atoms with E-state index in [1.165, 1.54) is 23.4 Å². The molecule has 2 aromatic heterocycles. The first kappa shape index (κ1) is 11.7. The maximum absolute atomic E-state index is 4.67. The summed E-state index contributed by atoms with van der Waals surface area (Å²) in [7, 11) is 0. The molecule has 0 aliphatic heterocycles. The van der Waals surface area contributed by atoms with Gasteiger partial charge in [0.15, 0.2) is 0 Å². The third-order valence-corrected chi connectivity index (χ3v) is 4.14. The molecule has 0 amide bonds. The highest BCUT2D eigenvalue weighted by Crippen LogP contribution is 2.28. The molecule has 1 aliphatic rings. The van der Waals surface area contributed by atoms with Gasteiger partial charge in [0, 0.05) is 29.9 Å². The van der Waals surface area contributed by atoms with Crippen molar-refractivity contribution in [2.45, 2.75) is 38.8 Å². The maximum Gasteiger partial charge on any atom is 0.144 e. The van der Waals surface area contributed by atoms with Crippen LogP contribution in [0.25, 0.3) is 10.7 Å². The number of thiazole rings is 1. The second-order valence-electron chi connectivity index (χ2n) is 4.49. The molecule has 0 radical (unpaired) electrons. The fourth-order valence-electron chi connectivity index (χ4n) is 1.84. The van der Waals surface area contributed by atoms with E-state index in [0.717, 1.165) is 29.7 Å². The van der Waals surface area contributed by atoms with Crippen LogP contribution in [0.1, 0.15) is 30.3 Å². The van der Waals surface area contributed by atoms with E-state index in [-0.39, 0.29) is 0 Å². The van der Waals surface area contributed by atoms with Gasteiger partial charge < -0.3 is 5.32 Å². The lowest BCUT2D eigenvalue weighted by molar-refractivity contribution is 0.689. The zero-order valence-corrected chi connectivity index (χ0v) is 11.2. The molecule has 18 heavy (non-hydrogen) atoms. The highest BCUT2D eigenvalue weighted by atomic mass is 32.1. The summed E-state index contributed by atoms with van der Waals surface area (Å²) < 4.78 is 0. The maximum atomic E-state index is 4.67. The first-order chi connectivity index (χ1) is 8.86. The number of aromatic nitrogens is 3. The number of nitrogens with one attached hydrogen (secondary N) is 1. The van der Waals surface area contributed by atoms with Gasteiger partial charge in [0.1, 0.15) is 10.7 Å². The van der Waals surface area contributed by atoms with E-state index in [1.54, 1.807) is 29.9 Å². The molecule has 1 aliphatic carbocycles. The molecule has 4 nitrogen and oxygen atoms in total. The van der Waals surface area contributed by atoms with Gasteiger partial charge >= 0.3 is 0 Å². The van der Waals surface area contributed by atoms with Gasteiger partial charge in [0.2, 0.25) is 0 Å². The van der Waals surface area contributed by atoms with Crippen molar-refractivity contribution in [2.75, 3.05) is 0 Å². The van der Waals surface area contributed by atoms with E-state index in [0.29, 0.717) is 0 Å². The summed E-state index contributed by atoms with van der Waals surface area (Å²) in [5.41, 5.74) is 2.06. The summed E-state index contributed by atoms with van der Waals surface area (Å²) in [6.07, 6.45) is 8.78. The van der Waals surface area contributed by atoms with Crippen molar-refractivity contribution in [2.24, 2.45) is 0 Å². The van der Waals surface area contributed by atoms with Crippen LogP contribution in [0.15, 0.2) is 18.6 Å². The molecule has 0 unspecified atom stereocenters. The Morgan fingerprint density at radius 1 is 1.39 bits per heavy atom. The predicted molar refractivity (Wildman–Crippen MR) is 72.4 cm³/mol. The van der Waals surface area contributed by atoms with Gasteiger partial charge in [0.25, 0.3) is 0 Å². The summed E-state index contributed by atoms with van der Waals surface area (Å²) in [6.45, 7) is 3.09. The van der Waals surface area contributed by atoms with E-state index in [4.69, 9.17) is 0 Å². The third kappa shape index (κ3) is 2.57. The van der Waals surface area contributed by atoms with Crippen molar-refractivity contribution in [3.05, 3.63) is 29.2 Å². The normalized spacial score (nSPS) is 14.9. The minimum atomic E-state index is 0.733. The van der Waals surface area contributed by atoms with Gasteiger partial charge in [-0.15, -0.1) is 11.3 Å². The van der Waals surface area contributed by atoms with Crippen LogP contribution in [0.4, 0.5) is 0 Å². The van der Waals surface area contributed by atoms with Gasteiger partial charge in [-0.25, -0.2) is 4.98 Å². The molecular weight excluding hydrogens is 244 g/mol. The van der Waals surface area contributed by atoms with Crippen molar-refractivity contribution in [3.63, 3.8) is 0 Å². The molecule has 1 fully saturated rings.